The van der Waals surface area contributed by atoms with E-state index in [1.54, 1.807) is 32.9 Å². The van der Waals surface area contributed by atoms with Gasteiger partial charge in [0.05, 0.1) is 34.5 Å². The number of aryl methyl sites for hydroxylation is 1. The van der Waals surface area contributed by atoms with Gasteiger partial charge >= 0.3 is 17.9 Å². The first-order valence-corrected chi connectivity index (χ1v) is 17.0. The molecule has 0 unspecified atom stereocenters. The van der Waals surface area contributed by atoms with Gasteiger partial charge in [-0.05, 0) is 39.0 Å². The Morgan fingerprint density at radius 3 is 1.53 bits per heavy atom. The average Bonchev–Trinajstić information content (AvgIpc) is 3.82. The molecular formula is C40H38O15. The van der Waals surface area contributed by atoms with Crippen LogP contribution in [0.3, 0.4) is 0 Å². The number of benzene rings is 3. The summed E-state index contributed by atoms with van der Waals surface area (Å²) in [5.74, 6) is -0.552. The molecule has 0 aliphatic rings. The fourth-order valence-corrected chi connectivity index (χ4v) is 6.06. The summed E-state index contributed by atoms with van der Waals surface area (Å²) in [6, 6.07) is 9.03. The predicted molar refractivity (Wildman–Crippen MR) is 196 cm³/mol. The van der Waals surface area contributed by atoms with Gasteiger partial charge in [-0.3, -0.25) is 0 Å². The zero-order valence-corrected chi connectivity index (χ0v) is 30.9. The van der Waals surface area contributed by atoms with Crippen LogP contribution >= 0.6 is 0 Å². The van der Waals surface area contributed by atoms with Gasteiger partial charge in [-0.1, -0.05) is 12.7 Å². The van der Waals surface area contributed by atoms with E-state index in [1.807, 2.05) is 0 Å². The molecule has 0 atom stereocenters. The zero-order chi connectivity index (χ0) is 39.4. The molecule has 15 nitrogen and oxygen atoms in total. The van der Waals surface area contributed by atoms with Crippen LogP contribution in [-0.2, 0) is 27.4 Å². The molecule has 288 valence electrons. The lowest BCUT2D eigenvalue weighted by molar-refractivity contribution is 0.0513. The second kappa shape index (κ2) is 16.1. The second-order valence-corrected chi connectivity index (χ2v) is 11.8. The number of esters is 3. The Bertz CT molecular complexity index is 2430. The van der Waals surface area contributed by atoms with Gasteiger partial charge in [-0.2, -0.15) is 0 Å². The molecule has 0 fully saturated rings. The third-order valence-electron chi connectivity index (χ3n) is 8.47. The largest absolute Gasteiger partial charge is 0.504 e. The Morgan fingerprint density at radius 1 is 0.618 bits per heavy atom. The number of rotatable bonds is 16. The Labute approximate surface area is 313 Å². The Morgan fingerprint density at radius 2 is 1.05 bits per heavy atom. The normalized spacial score (nSPS) is 11.1. The summed E-state index contributed by atoms with van der Waals surface area (Å²) in [6.07, 6.45) is 1.46. The van der Waals surface area contributed by atoms with E-state index >= 15 is 0 Å². The first-order chi connectivity index (χ1) is 26.6. The minimum atomic E-state index is -0.688. The zero-order valence-electron chi connectivity index (χ0n) is 30.9. The van der Waals surface area contributed by atoms with Crippen molar-refractivity contribution in [1.82, 2.24) is 0 Å². The van der Waals surface area contributed by atoms with Crippen molar-refractivity contribution in [2.75, 3.05) is 41.2 Å². The Balaban J connectivity index is 1.37. The van der Waals surface area contributed by atoms with E-state index in [1.165, 1.54) is 51.7 Å². The lowest BCUT2D eigenvalue weighted by Gasteiger charge is -2.11. The third kappa shape index (κ3) is 7.28. The minimum Gasteiger partial charge on any atom is -0.504 e. The van der Waals surface area contributed by atoms with Gasteiger partial charge in [-0.25, -0.2) is 14.4 Å². The maximum atomic E-state index is 13.5. The van der Waals surface area contributed by atoms with Crippen LogP contribution < -0.4 is 23.7 Å². The summed E-state index contributed by atoms with van der Waals surface area (Å²) in [6.45, 7) is 8.18. The number of fused-ring (bicyclic) bond motifs is 3. The van der Waals surface area contributed by atoms with E-state index in [-0.39, 0.29) is 101 Å². The summed E-state index contributed by atoms with van der Waals surface area (Å²) in [4.78, 5) is 39.4. The summed E-state index contributed by atoms with van der Waals surface area (Å²) >= 11 is 0. The summed E-state index contributed by atoms with van der Waals surface area (Å²) in [7, 11) is 4.26. The van der Waals surface area contributed by atoms with Gasteiger partial charge < -0.3 is 56.3 Å². The van der Waals surface area contributed by atoms with E-state index in [9.17, 15) is 19.5 Å². The maximum absolute atomic E-state index is 13.5. The van der Waals surface area contributed by atoms with Crippen LogP contribution in [0.1, 0.15) is 62.2 Å². The number of aromatic hydroxyl groups is 1. The van der Waals surface area contributed by atoms with Gasteiger partial charge in [0.2, 0.25) is 0 Å². The number of phenols is 1. The van der Waals surface area contributed by atoms with Gasteiger partial charge in [0.15, 0.2) is 46.0 Å². The highest BCUT2D eigenvalue weighted by Gasteiger charge is 2.28. The van der Waals surface area contributed by atoms with Crippen LogP contribution in [0.5, 0.6) is 34.5 Å². The number of furan rings is 3. The molecule has 15 heteroatoms. The van der Waals surface area contributed by atoms with Gasteiger partial charge in [-0.15, -0.1) is 0 Å². The lowest BCUT2D eigenvalue weighted by Crippen LogP contribution is -2.09. The van der Waals surface area contributed by atoms with E-state index in [0.717, 1.165) is 0 Å². The molecule has 3 aromatic carbocycles. The molecule has 3 heterocycles. The van der Waals surface area contributed by atoms with Gasteiger partial charge in [0.1, 0.15) is 59.0 Å². The number of carbonyl (C=O) groups excluding carboxylic acids is 3. The summed E-state index contributed by atoms with van der Waals surface area (Å²) < 4.78 is 62.6. The standard InChI is InChI=1S/C40H38O15/c1-8-11-50-38(42)35-20(4)53-25-16-29(46-6)31(13-22(25)35)51-19-34-37(40(44)49-10-3)23-14-32(30(47-7)17-27(23)55-34)52-18-33-36(39(43)48-9-2)21-12-24(41)28(45-5)15-26(21)54-33/h8,12-17,41H,1,9-11,18-19H2,2-7H3. The molecule has 0 radical (unpaired) electrons. The van der Waals surface area contributed by atoms with Crippen LogP contribution in [0.2, 0.25) is 0 Å². The molecule has 0 bridgehead atoms. The average molecular weight is 759 g/mol. The molecule has 0 amide bonds. The summed E-state index contributed by atoms with van der Waals surface area (Å²) in [5.41, 5.74) is 1.22. The highest BCUT2D eigenvalue weighted by atomic mass is 16.6. The van der Waals surface area contributed by atoms with E-state index in [2.05, 4.69) is 6.58 Å². The maximum Gasteiger partial charge on any atom is 0.342 e. The predicted octanol–water partition coefficient (Wildman–Crippen LogP) is 7.82. The molecule has 0 aliphatic heterocycles. The highest BCUT2D eigenvalue weighted by molar-refractivity contribution is 6.07. The van der Waals surface area contributed by atoms with Crippen molar-refractivity contribution in [2.24, 2.45) is 0 Å². The Kier molecular flexibility index (Phi) is 11.1. The molecule has 3 aromatic heterocycles. The molecule has 6 rings (SSSR count). The van der Waals surface area contributed by atoms with Crippen molar-refractivity contribution in [1.29, 1.82) is 0 Å². The van der Waals surface area contributed by atoms with E-state index in [4.69, 9.17) is 51.1 Å². The summed E-state index contributed by atoms with van der Waals surface area (Å²) in [5, 5.41) is 11.5. The molecule has 0 spiro atoms. The second-order valence-electron chi connectivity index (χ2n) is 11.8. The fourth-order valence-electron chi connectivity index (χ4n) is 6.06. The van der Waals surface area contributed by atoms with Crippen LogP contribution in [0, 0.1) is 6.92 Å². The first kappa shape index (κ1) is 38.0. The van der Waals surface area contributed by atoms with Gasteiger partial charge in [0.25, 0.3) is 0 Å². The van der Waals surface area contributed by atoms with Crippen molar-refractivity contribution in [3.63, 3.8) is 0 Å². The fraction of sp³-hybridized carbons (Fsp3) is 0.275. The van der Waals surface area contributed by atoms with Crippen molar-refractivity contribution in [3.8, 4) is 34.5 Å². The number of phenolic OH excluding ortho intramolecular Hbond substituents is 1. The SMILES string of the molecule is C=CCOC(=O)c1c(C)oc2cc(OC)c(OCc3oc4cc(OC)c(OCc5oc6cc(OC)c(O)cc6c5C(=O)OCC)cc4c3C(=O)OCC)cc12. The molecular weight excluding hydrogens is 720 g/mol. The van der Waals surface area contributed by atoms with Crippen molar-refractivity contribution >= 4 is 50.8 Å². The van der Waals surface area contributed by atoms with Crippen molar-refractivity contribution < 1.29 is 70.6 Å². The van der Waals surface area contributed by atoms with Crippen molar-refractivity contribution in [2.45, 2.75) is 34.0 Å². The first-order valence-electron chi connectivity index (χ1n) is 17.0. The van der Waals surface area contributed by atoms with Crippen LogP contribution in [0.15, 0.2) is 62.3 Å². The molecule has 6 aromatic rings. The van der Waals surface area contributed by atoms with Crippen LogP contribution in [-0.4, -0.2) is 64.2 Å². The van der Waals surface area contributed by atoms with Gasteiger partial charge in [0, 0.05) is 34.4 Å². The van der Waals surface area contributed by atoms with Crippen LogP contribution in [0.25, 0.3) is 32.9 Å². The monoisotopic (exact) mass is 758 g/mol. The van der Waals surface area contributed by atoms with Crippen molar-refractivity contribution in [3.05, 3.63) is 83.0 Å². The smallest absolute Gasteiger partial charge is 0.342 e. The molecule has 0 aliphatic carbocycles. The lowest BCUT2D eigenvalue weighted by atomic mass is 10.1. The van der Waals surface area contributed by atoms with Crippen LogP contribution in [0.4, 0.5) is 0 Å². The molecule has 0 saturated heterocycles. The Hall–Kier alpha value is -6.77. The molecule has 55 heavy (non-hydrogen) atoms. The number of ether oxygens (including phenoxy) is 8. The number of hydrogen-bond donors (Lipinski definition) is 1. The number of carbonyl (C=O) groups is 3. The van der Waals surface area contributed by atoms with E-state index in [0.29, 0.717) is 33.3 Å². The highest BCUT2D eigenvalue weighted by Crippen LogP contribution is 2.41. The molecule has 1 N–H and O–H groups in total. The third-order valence-corrected chi connectivity index (χ3v) is 8.47. The topological polar surface area (TPSA) is 185 Å². The minimum absolute atomic E-state index is 0.0141. The molecule has 0 saturated carbocycles. The quantitative estimate of drug-likeness (QED) is 0.0572. The number of hydrogen-bond acceptors (Lipinski definition) is 15. The number of methoxy groups -OCH3 is 3. The van der Waals surface area contributed by atoms with E-state index < -0.39 is 17.9 Å².